The Morgan fingerprint density at radius 1 is 1.21 bits per heavy atom. The van der Waals surface area contributed by atoms with Crippen LogP contribution in [-0.4, -0.2) is 0 Å². The van der Waals surface area contributed by atoms with Gasteiger partial charge in [0.2, 0.25) is 0 Å². The first-order chi connectivity index (χ1) is 8.75. The van der Waals surface area contributed by atoms with Gasteiger partial charge in [-0.05, 0) is 47.4 Å². The zero-order valence-corrected chi connectivity index (χ0v) is 13.1. The second-order valence-corrected chi connectivity index (χ2v) is 6.63. The van der Waals surface area contributed by atoms with Gasteiger partial charge in [0.1, 0.15) is 5.82 Å². The minimum atomic E-state index is -0.175. The quantitative estimate of drug-likeness (QED) is 0.630. The molecule has 0 aliphatic heterocycles. The summed E-state index contributed by atoms with van der Waals surface area (Å²) >= 11 is 0. The van der Waals surface area contributed by atoms with Crippen LogP contribution in [0.1, 0.15) is 53.5 Å². The summed E-state index contributed by atoms with van der Waals surface area (Å²) in [5.74, 6) is 1.00. The highest BCUT2D eigenvalue weighted by Crippen LogP contribution is 2.36. The molecule has 0 fully saturated rings. The summed E-state index contributed by atoms with van der Waals surface area (Å²) in [6, 6.07) is 6.78. The van der Waals surface area contributed by atoms with Crippen molar-refractivity contribution in [2.24, 2.45) is 17.3 Å². The third-order valence-electron chi connectivity index (χ3n) is 3.99. The molecule has 0 saturated heterocycles. The second kappa shape index (κ2) is 6.36. The van der Waals surface area contributed by atoms with Crippen molar-refractivity contribution in [1.29, 1.82) is 0 Å². The summed E-state index contributed by atoms with van der Waals surface area (Å²) in [5.41, 5.74) is 2.59. The van der Waals surface area contributed by atoms with E-state index in [0.717, 1.165) is 5.56 Å². The fraction of sp³-hybridized carbons (Fsp3) is 0.556. The molecule has 0 bridgehead atoms. The van der Waals surface area contributed by atoms with Crippen molar-refractivity contribution in [2.45, 2.75) is 48.0 Å². The summed E-state index contributed by atoms with van der Waals surface area (Å²) in [6.07, 6.45) is 3.54. The second-order valence-electron chi connectivity index (χ2n) is 6.63. The molecule has 0 N–H and O–H groups in total. The molecule has 0 aromatic heterocycles. The Morgan fingerprint density at radius 2 is 1.74 bits per heavy atom. The van der Waals surface area contributed by atoms with Crippen LogP contribution in [0.2, 0.25) is 0 Å². The van der Waals surface area contributed by atoms with Crippen molar-refractivity contribution >= 4 is 5.57 Å². The Hall–Kier alpha value is -1.11. The number of hydrogen-bond donors (Lipinski definition) is 0. The molecule has 1 aromatic carbocycles. The van der Waals surface area contributed by atoms with E-state index in [2.05, 4.69) is 47.6 Å². The Morgan fingerprint density at radius 3 is 2.16 bits per heavy atom. The molecule has 0 nitrogen and oxygen atoms in total. The van der Waals surface area contributed by atoms with Crippen molar-refractivity contribution < 1.29 is 4.39 Å². The van der Waals surface area contributed by atoms with E-state index in [9.17, 15) is 4.39 Å². The SMILES string of the molecule is CCC(C)C(/C=C(\C)c1ccc(F)cc1)C(C)(C)C. The predicted molar refractivity (Wildman–Crippen MR) is 82.5 cm³/mol. The molecule has 1 rings (SSSR count). The van der Waals surface area contributed by atoms with Crippen LogP contribution in [0, 0.1) is 23.1 Å². The summed E-state index contributed by atoms with van der Waals surface area (Å²) in [7, 11) is 0. The molecule has 2 atom stereocenters. The van der Waals surface area contributed by atoms with Crippen LogP contribution in [0.3, 0.4) is 0 Å². The van der Waals surface area contributed by atoms with Crippen LogP contribution in [-0.2, 0) is 0 Å². The van der Waals surface area contributed by atoms with Crippen LogP contribution >= 0.6 is 0 Å². The third kappa shape index (κ3) is 4.49. The zero-order chi connectivity index (χ0) is 14.6. The lowest BCUT2D eigenvalue weighted by Crippen LogP contribution is -2.25. The van der Waals surface area contributed by atoms with Gasteiger partial charge in [0, 0.05) is 0 Å². The predicted octanol–water partition coefficient (Wildman–Crippen LogP) is 5.94. The van der Waals surface area contributed by atoms with Gasteiger partial charge in [0.05, 0.1) is 0 Å². The molecule has 0 aliphatic carbocycles. The smallest absolute Gasteiger partial charge is 0.123 e. The first-order valence-electron chi connectivity index (χ1n) is 7.20. The van der Waals surface area contributed by atoms with Crippen molar-refractivity contribution in [3.05, 3.63) is 41.7 Å². The molecule has 0 radical (unpaired) electrons. The molecule has 19 heavy (non-hydrogen) atoms. The monoisotopic (exact) mass is 262 g/mol. The molecule has 0 amide bonds. The van der Waals surface area contributed by atoms with Gasteiger partial charge in [-0.2, -0.15) is 0 Å². The van der Waals surface area contributed by atoms with E-state index < -0.39 is 0 Å². The maximum atomic E-state index is 13.0. The molecule has 106 valence electrons. The van der Waals surface area contributed by atoms with E-state index in [-0.39, 0.29) is 11.2 Å². The van der Waals surface area contributed by atoms with Gasteiger partial charge < -0.3 is 0 Å². The molecule has 1 heteroatoms. The van der Waals surface area contributed by atoms with E-state index >= 15 is 0 Å². The minimum absolute atomic E-state index is 0.175. The van der Waals surface area contributed by atoms with Crippen LogP contribution in [0.5, 0.6) is 0 Å². The van der Waals surface area contributed by atoms with E-state index in [1.54, 1.807) is 0 Å². The molecule has 0 saturated carbocycles. The summed E-state index contributed by atoms with van der Waals surface area (Å²) in [5, 5.41) is 0. The molecule has 0 aliphatic rings. The van der Waals surface area contributed by atoms with Gasteiger partial charge in [-0.3, -0.25) is 0 Å². The molecule has 0 heterocycles. The molecular formula is C18H27F. The molecule has 0 spiro atoms. The topological polar surface area (TPSA) is 0 Å². The van der Waals surface area contributed by atoms with Crippen molar-refractivity contribution in [1.82, 2.24) is 0 Å². The van der Waals surface area contributed by atoms with Gasteiger partial charge in [0.25, 0.3) is 0 Å². The molecule has 2 unspecified atom stereocenters. The summed E-state index contributed by atoms with van der Waals surface area (Å²) in [4.78, 5) is 0. The van der Waals surface area contributed by atoms with Crippen molar-refractivity contribution in [2.75, 3.05) is 0 Å². The Bertz CT molecular complexity index is 420. The van der Waals surface area contributed by atoms with E-state index in [1.165, 1.54) is 24.1 Å². The Kier molecular flexibility index (Phi) is 5.34. The lowest BCUT2D eigenvalue weighted by atomic mass is 9.72. The maximum Gasteiger partial charge on any atom is 0.123 e. The van der Waals surface area contributed by atoms with Crippen LogP contribution in [0.15, 0.2) is 30.3 Å². The Balaban J connectivity index is 3.05. The lowest BCUT2D eigenvalue weighted by Gasteiger charge is -2.33. The number of benzene rings is 1. The maximum absolute atomic E-state index is 13.0. The van der Waals surface area contributed by atoms with Crippen molar-refractivity contribution in [3.63, 3.8) is 0 Å². The van der Waals surface area contributed by atoms with Crippen LogP contribution in [0.4, 0.5) is 4.39 Å². The summed E-state index contributed by atoms with van der Waals surface area (Å²) < 4.78 is 13.0. The normalized spacial score (nSPS) is 16.3. The molecular weight excluding hydrogens is 235 g/mol. The van der Waals surface area contributed by atoms with Gasteiger partial charge in [-0.1, -0.05) is 59.2 Å². The summed E-state index contributed by atoms with van der Waals surface area (Å²) in [6.45, 7) is 13.5. The largest absolute Gasteiger partial charge is 0.207 e. The average molecular weight is 262 g/mol. The fourth-order valence-corrected chi connectivity index (χ4v) is 2.60. The van der Waals surface area contributed by atoms with Crippen molar-refractivity contribution in [3.8, 4) is 0 Å². The van der Waals surface area contributed by atoms with E-state index in [4.69, 9.17) is 0 Å². The lowest BCUT2D eigenvalue weighted by molar-refractivity contribution is 0.214. The Labute approximate surface area is 117 Å². The molecule has 1 aromatic rings. The average Bonchev–Trinajstić information content (AvgIpc) is 2.34. The highest BCUT2D eigenvalue weighted by molar-refractivity contribution is 5.63. The zero-order valence-electron chi connectivity index (χ0n) is 13.1. The number of halogens is 1. The fourth-order valence-electron chi connectivity index (χ4n) is 2.60. The highest BCUT2D eigenvalue weighted by Gasteiger charge is 2.27. The van der Waals surface area contributed by atoms with Gasteiger partial charge in [-0.25, -0.2) is 4.39 Å². The third-order valence-corrected chi connectivity index (χ3v) is 3.99. The standard InChI is InChI=1S/C18H27F/c1-7-13(2)17(18(4,5)6)12-14(3)15-8-10-16(19)11-9-15/h8-13,17H,7H2,1-6H3/b14-12+. The number of allylic oxidation sites excluding steroid dienone is 2. The van der Waals surface area contributed by atoms with E-state index in [0.29, 0.717) is 11.8 Å². The van der Waals surface area contributed by atoms with Gasteiger partial charge in [-0.15, -0.1) is 0 Å². The van der Waals surface area contributed by atoms with Gasteiger partial charge in [0.15, 0.2) is 0 Å². The highest BCUT2D eigenvalue weighted by atomic mass is 19.1. The number of hydrogen-bond acceptors (Lipinski definition) is 0. The minimum Gasteiger partial charge on any atom is -0.207 e. The van der Waals surface area contributed by atoms with Gasteiger partial charge >= 0.3 is 0 Å². The first kappa shape index (κ1) is 15.9. The first-order valence-corrected chi connectivity index (χ1v) is 7.20. The number of rotatable bonds is 4. The van der Waals surface area contributed by atoms with Crippen LogP contribution < -0.4 is 0 Å². The van der Waals surface area contributed by atoms with E-state index in [1.807, 2.05) is 12.1 Å². The van der Waals surface area contributed by atoms with Crippen LogP contribution in [0.25, 0.3) is 5.57 Å².